The van der Waals surface area contributed by atoms with E-state index in [0.29, 0.717) is 5.69 Å². The van der Waals surface area contributed by atoms with Crippen molar-refractivity contribution in [2.75, 3.05) is 5.32 Å². The molecule has 0 aliphatic rings. The number of halogens is 1. The maximum atomic E-state index is 13.5. The van der Waals surface area contributed by atoms with Crippen molar-refractivity contribution in [3.8, 4) is 0 Å². The summed E-state index contributed by atoms with van der Waals surface area (Å²) in [6, 6.07) is 13.7. The van der Waals surface area contributed by atoms with E-state index in [9.17, 15) is 14.0 Å². The van der Waals surface area contributed by atoms with Gasteiger partial charge in [-0.25, -0.2) is 4.39 Å². The molecule has 0 aromatic heterocycles. The first kappa shape index (κ1) is 14.7. The molecule has 0 saturated heterocycles. The number of benzene rings is 2. The lowest BCUT2D eigenvalue weighted by molar-refractivity contribution is -0.117. The number of para-hydroxylation sites is 1. The van der Waals surface area contributed by atoms with Crippen LogP contribution >= 0.6 is 0 Å². The lowest BCUT2D eigenvalue weighted by Gasteiger charge is -2.14. The molecule has 108 valence electrons. The van der Waals surface area contributed by atoms with Crippen molar-refractivity contribution >= 4 is 17.5 Å². The molecule has 1 atom stereocenters. The number of carbonyl (C=O) groups is 2. The summed E-state index contributed by atoms with van der Waals surface area (Å²) in [5.41, 5.74) is 0.548. The number of nitrogens with one attached hydrogen (secondary N) is 2. The zero-order chi connectivity index (χ0) is 15.2. The first-order valence-corrected chi connectivity index (χ1v) is 6.49. The molecule has 21 heavy (non-hydrogen) atoms. The van der Waals surface area contributed by atoms with Gasteiger partial charge in [-0.2, -0.15) is 0 Å². The number of hydrogen-bond donors (Lipinski definition) is 2. The Morgan fingerprint density at radius 3 is 2.29 bits per heavy atom. The molecule has 2 rings (SSSR count). The van der Waals surface area contributed by atoms with E-state index in [1.807, 2.05) is 6.07 Å². The Morgan fingerprint density at radius 1 is 1.00 bits per heavy atom. The van der Waals surface area contributed by atoms with Gasteiger partial charge in [0.25, 0.3) is 5.91 Å². The van der Waals surface area contributed by atoms with Gasteiger partial charge in [0.05, 0.1) is 5.56 Å². The first-order valence-electron chi connectivity index (χ1n) is 6.49. The van der Waals surface area contributed by atoms with E-state index in [4.69, 9.17) is 0 Å². The van der Waals surface area contributed by atoms with Crippen LogP contribution in [0.4, 0.5) is 10.1 Å². The lowest BCUT2D eigenvalue weighted by atomic mass is 10.2. The highest BCUT2D eigenvalue weighted by Gasteiger charge is 2.18. The van der Waals surface area contributed by atoms with E-state index < -0.39 is 17.8 Å². The van der Waals surface area contributed by atoms with Gasteiger partial charge in [-0.05, 0) is 31.2 Å². The summed E-state index contributed by atoms with van der Waals surface area (Å²) in [6.07, 6.45) is 0. The Bertz CT molecular complexity index is 644. The van der Waals surface area contributed by atoms with Gasteiger partial charge in [0.1, 0.15) is 11.9 Å². The fourth-order valence-electron chi connectivity index (χ4n) is 1.76. The average molecular weight is 286 g/mol. The highest BCUT2D eigenvalue weighted by molar-refractivity contribution is 6.01. The Labute approximate surface area is 122 Å². The van der Waals surface area contributed by atoms with Crippen molar-refractivity contribution in [3.63, 3.8) is 0 Å². The second-order valence-electron chi connectivity index (χ2n) is 4.53. The lowest BCUT2D eigenvalue weighted by Crippen LogP contribution is -2.41. The number of hydrogen-bond acceptors (Lipinski definition) is 2. The maximum absolute atomic E-state index is 13.5. The van der Waals surface area contributed by atoms with E-state index in [2.05, 4.69) is 10.6 Å². The Kier molecular flexibility index (Phi) is 4.66. The summed E-state index contributed by atoms with van der Waals surface area (Å²) in [6.45, 7) is 1.54. The van der Waals surface area contributed by atoms with Gasteiger partial charge < -0.3 is 10.6 Å². The molecule has 0 spiro atoms. The van der Waals surface area contributed by atoms with E-state index >= 15 is 0 Å². The van der Waals surface area contributed by atoms with Crippen molar-refractivity contribution in [2.24, 2.45) is 0 Å². The molecular weight excluding hydrogens is 271 g/mol. The second-order valence-corrected chi connectivity index (χ2v) is 4.53. The van der Waals surface area contributed by atoms with Crippen LogP contribution in [0.3, 0.4) is 0 Å². The van der Waals surface area contributed by atoms with Crippen LogP contribution in [0.25, 0.3) is 0 Å². The van der Waals surface area contributed by atoms with Gasteiger partial charge in [-0.1, -0.05) is 30.3 Å². The fourth-order valence-corrected chi connectivity index (χ4v) is 1.76. The molecule has 0 heterocycles. The van der Waals surface area contributed by atoms with Crippen molar-refractivity contribution in [1.29, 1.82) is 0 Å². The van der Waals surface area contributed by atoms with E-state index in [1.54, 1.807) is 30.3 Å². The smallest absolute Gasteiger partial charge is 0.254 e. The standard InChI is InChI=1S/C16H15FN2O2/c1-11(15(20)19-12-7-3-2-4-8-12)18-16(21)13-9-5-6-10-14(13)17/h2-11H,1H3,(H,18,21)(H,19,20). The summed E-state index contributed by atoms with van der Waals surface area (Å²) in [4.78, 5) is 23.8. The van der Waals surface area contributed by atoms with Crippen molar-refractivity contribution in [3.05, 3.63) is 66.0 Å². The van der Waals surface area contributed by atoms with Gasteiger partial charge in [0, 0.05) is 5.69 Å². The third-order valence-corrected chi connectivity index (χ3v) is 2.90. The minimum atomic E-state index is -0.780. The molecule has 0 fully saturated rings. The molecule has 2 amide bonds. The van der Waals surface area contributed by atoms with Crippen LogP contribution in [0.15, 0.2) is 54.6 Å². The number of carbonyl (C=O) groups excluding carboxylic acids is 2. The van der Waals surface area contributed by atoms with Gasteiger partial charge in [-0.3, -0.25) is 9.59 Å². The number of amides is 2. The zero-order valence-corrected chi connectivity index (χ0v) is 11.5. The van der Waals surface area contributed by atoms with Crippen LogP contribution < -0.4 is 10.6 Å². The largest absolute Gasteiger partial charge is 0.340 e. The van der Waals surface area contributed by atoms with Crippen LogP contribution in [0, 0.1) is 5.82 Å². The van der Waals surface area contributed by atoms with Crippen LogP contribution in [0.1, 0.15) is 17.3 Å². The summed E-state index contributed by atoms with van der Waals surface area (Å²) < 4.78 is 13.5. The molecule has 2 aromatic carbocycles. The fraction of sp³-hybridized carbons (Fsp3) is 0.125. The molecule has 1 unspecified atom stereocenters. The summed E-state index contributed by atoms with van der Waals surface area (Å²) in [7, 11) is 0. The first-order chi connectivity index (χ1) is 10.1. The van der Waals surface area contributed by atoms with Crippen LogP contribution in [-0.4, -0.2) is 17.9 Å². The Hall–Kier alpha value is -2.69. The summed E-state index contributed by atoms with van der Waals surface area (Å²) in [5.74, 6) is -1.61. The van der Waals surface area contributed by atoms with E-state index in [-0.39, 0.29) is 11.5 Å². The van der Waals surface area contributed by atoms with Crippen molar-refractivity contribution < 1.29 is 14.0 Å². The third kappa shape index (κ3) is 3.89. The van der Waals surface area contributed by atoms with Crippen LogP contribution in [0.2, 0.25) is 0 Å². The van der Waals surface area contributed by atoms with E-state index in [1.165, 1.54) is 25.1 Å². The highest BCUT2D eigenvalue weighted by Crippen LogP contribution is 2.08. The molecule has 5 heteroatoms. The molecule has 0 radical (unpaired) electrons. The molecule has 4 nitrogen and oxygen atoms in total. The Balaban J connectivity index is 1.98. The second kappa shape index (κ2) is 6.65. The Morgan fingerprint density at radius 2 is 1.62 bits per heavy atom. The van der Waals surface area contributed by atoms with Gasteiger partial charge in [-0.15, -0.1) is 0 Å². The monoisotopic (exact) mass is 286 g/mol. The molecule has 0 aliphatic carbocycles. The molecule has 0 aliphatic heterocycles. The SMILES string of the molecule is CC(NC(=O)c1ccccc1F)C(=O)Nc1ccccc1. The van der Waals surface area contributed by atoms with Gasteiger partial charge in [0.2, 0.25) is 5.91 Å². The third-order valence-electron chi connectivity index (χ3n) is 2.90. The average Bonchev–Trinajstić information content (AvgIpc) is 2.48. The zero-order valence-electron chi connectivity index (χ0n) is 11.5. The predicted octanol–water partition coefficient (Wildman–Crippen LogP) is 2.58. The number of rotatable bonds is 4. The summed E-state index contributed by atoms with van der Waals surface area (Å²) in [5, 5.41) is 5.13. The quantitative estimate of drug-likeness (QED) is 0.907. The van der Waals surface area contributed by atoms with Crippen LogP contribution in [-0.2, 0) is 4.79 Å². The molecule has 0 saturated carbocycles. The number of anilines is 1. The summed E-state index contributed by atoms with van der Waals surface area (Å²) >= 11 is 0. The van der Waals surface area contributed by atoms with Crippen molar-refractivity contribution in [1.82, 2.24) is 5.32 Å². The topological polar surface area (TPSA) is 58.2 Å². The normalized spacial score (nSPS) is 11.5. The predicted molar refractivity (Wildman–Crippen MR) is 78.4 cm³/mol. The molecule has 0 bridgehead atoms. The van der Waals surface area contributed by atoms with E-state index in [0.717, 1.165) is 0 Å². The highest BCUT2D eigenvalue weighted by atomic mass is 19.1. The molecule has 2 aromatic rings. The van der Waals surface area contributed by atoms with Gasteiger partial charge in [0.15, 0.2) is 0 Å². The minimum Gasteiger partial charge on any atom is -0.340 e. The maximum Gasteiger partial charge on any atom is 0.254 e. The minimum absolute atomic E-state index is 0.0862. The van der Waals surface area contributed by atoms with Crippen molar-refractivity contribution in [2.45, 2.75) is 13.0 Å². The van der Waals surface area contributed by atoms with Gasteiger partial charge >= 0.3 is 0 Å². The van der Waals surface area contributed by atoms with Crippen LogP contribution in [0.5, 0.6) is 0 Å². The molecular formula is C16H15FN2O2. The molecule has 2 N–H and O–H groups in total.